The topological polar surface area (TPSA) is 70.2 Å². The molecular formula is C12H17F2N5O. The second kappa shape index (κ2) is 5.66. The highest BCUT2D eigenvalue weighted by molar-refractivity contribution is 5.82. The van der Waals surface area contributed by atoms with E-state index in [4.69, 9.17) is 0 Å². The molecule has 1 amide bonds. The van der Waals surface area contributed by atoms with Gasteiger partial charge in [-0.3, -0.25) is 10.1 Å². The largest absolute Gasteiger partial charge is 0.349 e. The van der Waals surface area contributed by atoms with Crippen molar-refractivity contribution in [3.63, 3.8) is 0 Å². The van der Waals surface area contributed by atoms with Gasteiger partial charge in [-0.05, 0) is 6.07 Å². The zero-order valence-electron chi connectivity index (χ0n) is 11.4. The number of hydrogen-bond donors (Lipinski definition) is 2. The molecule has 0 radical (unpaired) electrons. The number of rotatable bonds is 4. The molecule has 0 bridgehead atoms. The van der Waals surface area contributed by atoms with Crippen LogP contribution in [0.5, 0.6) is 0 Å². The number of carbonyl (C=O) groups is 1. The molecule has 20 heavy (non-hydrogen) atoms. The molecule has 1 aliphatic heterocycles. The van der Waals surface area contributed by atoms with Crippen LogP contribution in [0.2, 0.25) is 0 Å². The van der Waals surface area contributed by atoms with E-state index >= 15 is 0 Å². The molecule has 2 rings (SSSR count). The molecule has 0 aromatic carbocycles. The first kappa shape index (κ1) is 14.6. The van der Waals surface area contributed by atoms with Crippen LogP contribution in [0.1, 0.15) is 12.1 Å². The fourth-order valence-electron chi connectivity index (χ4n) is 1.90. The maximum Gasteiger partial charge on any atom is 0.262 e. The molecule has 1 saturated heterocycles. The summed E-state index contributed by atoms with van der Waals surface area (Å²) in [5, 5.41) is 5.11. The van der Waals surface area contributed by atoms with Gasteiger partial charge < -0.3 is 10.2 Å². The minimum absolute atomic E-state index is 0.186. The van der Waals surface area contributed by atoms with Gasteiger partial charge in [0.25, 0.3) is 5.92 Å². The molecular weight excluding hydrogens is 268 g/mol. The summed E-state index contributed by atoms with van der Waals surface area (Å²) in [5.74, 6) is -2.72. The number of hydrogen-bond acceptors (Lipinski definition) is 5. The van der Waals surface area contributed by atoms with Gasteiger partial charge in [-0.2, -0.15) is 0 Å². The van der Waals surface area contributed by atoms with Crippen LogP contribution in [0.4, 0.5) is 14.7 Å². The van der Waals surface area contributed by atoms with Crippen LogP contribution in [0.3, 0.4) is 0 Å². The van der Waals surface area contributed by atoms with Gasteiger partial charge in [0.1, 0.15) is 0 Å². The number of anilines is 1. The molecule has 1 unspecified atom stereocenters. The number of nitrogens with zero attached hydrogens (tertiary/aromatic N) is 3. The van der Waals surface area contributed by atoms with Crippen molar-refractivity contribution in [1.29, 1.82) is 0 Å². The van der Waals surface area contributed by atoms with E-state index in [9.17, 15) is 13.6 Å². The van der Waals surface area contributed by atoms with Gasteiger partial charge >= 0.3 is 0 Å². The SMILES string of the molecule is CN(C)c1nccc(CNC(=O)C2CC(F)(F)CN2)n1. The monoisotopic (exact) mass is 285 g/mol. The molecule has 0 spiro atoms. The standard InChI is InChI=1S/C12H17F2N5O/c1-19(2)11-15-4-3-8(18-11)6-16-10(20)9-5-12(13,14)7-17-9/h3-4,9,17H,5-7H2,1-2H3,(H,16,20). The Hall–Kier alpha value is -1.83. The number of carbonyl (C=O) groups excluding carboxylic acids is 1. The summed E-state index contributed by atoms with van der Waals surface area (Å²) < 4.78 is 26.0. The molecule has 6 nitrogen and oxygen atoms in total. The fraction of sp³-hybridized carbons (Fsp3) is 0.583. The lowest BCUT2D eigenvalue weighted by molar-refractivity contribution is -0.123. The number of amides is 1. The van der Waals surface area contributed by atoms with Crippen LogP contribution >= 0.6 is 0 Å². The predicted octanol–water partition coefficient (Wildman–Crippen LogP) is 0.156. The Balaban J connectivity index is 1.89. The first-order valence-corrected chi connectivity index (χ1v) is 6.25. The number of halogens is 2. The minimum Gasteiger partial charge on any atom is -0.349 e. The van der Waals surface area contributed by atoms with Crippen LogP contribution in [-0.4, -0.2) is 48.5 Å². The second-order valence-electron chi connectivity index (χ2n) is 4.95. The van der Waals surface area contributed by atoms with Gasteiger partial charge in [0.05, 0.1) is 24.8 Å². The molecule has 2 heterocycles. The highest BCUT2D eigenvalue weighted by Crippen LogP contribution is 2.25. The third-order valence-corrected chi connectivity index (χ3v) is 2.97. The summed E-state index contributed by atoms with van der Waals surface area (Å²) >= 11 is 0. The average molecular weight is 285 g/mol. The van der Waals surface area contributed by atoms with Gasteiger partial charge in [0, 0.05) is 26.7 Å². The van der Waals surface area contributed by atoms with Crippen molar-refractivity contribution in [2.45, 2.75) is 24.9 Å². The van der Waals surface area contributed by atoms with Crippen molar-refractivity contribution in [1.82, 2.24) is 20.6 Å². The van der Waals surface area contributed by atoms with Crippen LogP contribution < -0.4 is 15.5 Å². The highest BCUT2D eigenvalue weighted by atomic mass is 19.3. The summed E-state index contributed by atoms with van der Waals surface area (Å²) in [6.45, 7) is -0.269. The van der Waals surface area contributed by atoms with E-state index in [-0.39, 0.29) is 6.54 Å². The average Bonchev–Trinajstić information content (AvgIpc) is 2.77. The Morgan fingerprint density at radius 1 is 1.60 bits per heavy atom. The molecule has 1 aliphatic rings. The summed E-state index contributed by atoms with van der Waals surface area (Å²) in [6.07, 6.45) is 1.12. The van der Waals surface area contributed by atoms with Crippen molar-refractivity contribution in [2.75, 3.05) is 25.5 Å². The Labute approximate surface area is 115 Å². The van der Waals surface area contributed by atoms with E-state index in [2.05, 4.69) is 20.6 Å². The van der Waals surface area contributed by atoms with E-state index in [0.717, 1.165) is 0 Å². The summed E-state index contributed by atoms with van der Waals surface area (Å²) in [5.41, 5.74) is 0.627. The Bertz CT molecular complexity index is 494. The lowest BCUT2D eigenvalue weighted by Gasteiger charge is -2.13. The molecule has 1 aromatic heterocycles. The van der Waals surface area contributed by atoms with Crippen LogP contribution in [0, 0.1) is 0 Å². The van der Waals surface area contributed by atoms with Gasteiger partial charge in [0.15, 0.2) is 0 Å². The van der Waals surface area contributed by atoms with Crippen molar-refractivity contribution in [3.05, 3.63) is 18.0 Å². The smallest absolute Gasteiger partial charge is 0.262 e. The van der Waals surface area contributed by atoms with E-state index in [0.29, 0.717) is 11.6 Å². The van der Waals surface area contributed by atoms with Gasteiger partial charge in [0.2, 0.25) is 11.9 Å². The van der Waals surface area contributed by atoms with E-state index in [1.807, 2.05) is 14.1 Å². The van der Waals surface area contributed by atoms with Crippen LogP contribution in [-0.2, 0) is 11.3 Å². The predicted molar refractivity (Wildman–Crippen MR) is 69.6 cm³/mol. The molecule has 1 aromatic rings. The van der Waals surface area contributed by atoms with Crippen molar-refractivity contribution >= 4 is 11.9 Å². The lowest BCUT2D eigenvalue weighted by Crippen LogP contribution is -2.40. The van der Waals surface area contributed by atoms with Gasteiger partial charge in [-0.25, -0.2) is 18.7 Å². The van der Waals surface area contributed by atoms with Crippen molar-refractivity contribution < 1.29 is 13.6 Å². The lowest BCUT2D eigenvalue weighted by atomic mass is 10.2. The Morgan fingerprint density at radius 3 is 2.95 bits per heavy atom. The highest BCUT2D eigenvalue weighted by Gasteiger charge is 2.42. The van der Waals surface area contributed by atoms with Crippen LogP contribution in [0.15, 0.2) is 12.3 Å². The summed E-state index contributed by atoms with van der Waals surface area (Å²) in [4.78, 5) is 21.8. The number of alkyl halides is 2. The third kappa shape index (κ3) is 3.60. The van der Waals surface area contributed by atoms with Gasteiger partial charge in [-0.1, -0.05) is 0 Å². The van der Waals surface area contributed by atoms with Gasteiger partial charge in [-0.15, -0.1) is 0 Å². The third-order valence-electron chi connectivity index (χ3n) is 2.97. The molecule has 0 aliphatic carbocycles. The first-order valence-electron chi connectivity index (χ1n) is 6.25. The normalized spacial score (nSPS) is 20.7. The Morgan fingerprint density at radius 2 is 2.35 bits per heavy atom. The molecule has 8 heteroatoms. The zero-order chi connectivity index (χ0) is 14.8. The van der Waals surface area contributed by atoms with Crippen molar-refractivity contribution in [3.8, 4) is 0 Å². The molecule has 1 atom stereocenters. The van der Waals surface area contributed by atoms with Crippen molar-refractivity contribution in [2.24, 2.45) is 0 Å². The van der Waals surface area contributed by atoms with E-state index < -0.39 is 30.8 Å². The quantitative estimate of drug-likeness (QED) is 0.824. The summed E-state index contributed by atoms with van der Waals surface area (Å²) in [6, 6.07) is 0.824. The molecule has 110 valence electrons. The molecule has 0 saturated carbocycles. The fourth-order valence-corrected chi connectivity index (χ4v) is 1.90. The Kier molecular flexibility index (Phi) is 4.12. The molecule has 1 fully saturated rings. The maximum absolute atomic E-state index is 13.0. The minimum atomic E-state index is -2.81. The summed E-state index contributed by atoms with van der Waals surface area (Å²) in [7, 11) is 3.62. The number of nitrogens with one attached hydrogen (secondary N) is 2. The zero-order valence-corrected chi connectivity index (χ0v) is 11.4. The van der Waals surface area contributed by atoms with E-state index in [1.165, 1.54) is 0 Å². The molecule has 2 N–H and O–H groups in total. The number of aromatic nitrogens is 2. The van der Waals surface area contributed by atoms with E-state index in [1.54, 1.807) is 17.2 Å². The second-order valence-corrected chi connectivity index (χ2v) is 4.95. The maximum atomic E-state index is 13.0. The first-order chi connectivity index (χ1) is 9.37. The van der Waals surface area contributed by atoms with Crippen LogP contribution in [0.25, 0.3) is 0 Å².